The number of Topliss-reactive ketones (excluding diaryl/α,β-unsaturated/α-hetero) is 1. The average molecular weight is 414 g/mol. The van der Waals surface area contributed by atoms with Crippen molar-refractivity contribution in [2.45, 2.75) is 6.92 Å². The summed E-state index contributed by atoms with van der Waals surface area (Å²) < 4.78 is 27.2. The third-order valence-corrected chi connectivity index (χ3v) is 4.77. The quantitative estimate of drug-likeness (QED) is 0.555. The Bertz CT molecular complexity index is 984. The molecule has 30 heavy (non-hydrogen) atoms. The van der Waals surface area contributed by atoms with Crippen LogP contribution in [0.2, 0.25) is 0 Å². The molecule has 9 heteroatoms. The van der Waals surface area contributed by atoms with Gasteiger partial charge < -0.3 is 4.90 Å². The molecule has 1 aliphatic heterocycles. The molecule has 2 aromatic rings. The van der Waals surface area contributed by atoms with Crippen LogP contribution < -0.4 is 4.90 Å². The van der Waals surface area contributed by atoms with Gasteiger partial charge in [0.1, 0.15) is 11.6 Å². The lowest BCUT2D eigenvalue weighted by atomic mass is 10.1. The molecule has 0 spiro atoms. The lowest BCUT2D eigenvalue weighted by Crippen LogP contribution is -2.48. The molecule has 1 heterocycles. The molecule has 0 saturated carbocycles. The summed E-state index contributed by atoms with van der Waals surface area (Å²) >= 11 is 0. The third-order valence-electron chi connectivity index (χ3n) is 4.77. The lowest BCUT2D eigenvalue weighted by molar-refractivity contribution is -0.119. The predicted octanol–water partition coefficient (Wildman–Crippen LogP) is 3.11. The van der Waals surface area contributed by atoms with E-state index in [1.54, 1.807) is 12.1 Å². The number of hydrogen-bond donors (Lipinski definition) is 0. The Balaban J connectivity index is 1.50. The average Bonchev–Trinajstić information content (AvgIpc) is 2.73. The van der Waals surface area contributed by atoms with Crippen LogP contribution in [0.4, 0.5) is 14.5 Å². The summed E-state index contributed by atoms with van der Waals surface area (Å²) in [6.07, 6.45) is 0. The van der Waals surface area contributed by atoms with Crippen molar-refractivity contribution >= 4 is 23.3 Å². The van der Waals surface area contributed by atoms with E-state index in [0.29, 0.717) is 37.4 Å². The van der Waals surface area contributed by atoms with Crippen LogP contribution >= 0.6 is 0 Å². The third kappa shape index (κ3) is 5.38. The monoisotopic (exact) mass is 414 g/mol. The second-order valence-electron chi connectivity index (χ2n) is 6.89. The highest BCUT2D eigenvalue weighted by Gasteiger charge is 2.21. The Kier molecular flexibility index (Phi) is 6.73. The Morgan fingerprint density at radius 1 is 0.900 bits per heavy atom. The van der Waals surface area contributed by atoms with Crippen LogP contribution in [0.3, 0.4) is 0 Å². The minimum absolute atomic E-state index is 0.0141. The van der Waals surface area contributed by atoms with E-state index in [9.17, 15) is 23.2 Å². The number of anilines is 1. The maximum absolute atomic E-state index is 14.3. The first-order chi connectivity index (χ1) is 14.3. The van der Waals surface area contributed by atoms with E-state index >= 15 is 0 Å². The van der Waals surface area contributed by atoms with E-state index < -0.39 is 23.4 Å². The van der Waals surface area contributed by atoms with Gasteiger partial charge in [0.25, 0.3) is 11.8 Å². The molecular formula is C21H20F2N4O3. The molecular weight excluding hydrogens is 394 g/mol. The van der Waals surface area contributed by atoms with Crippen molar-refractivity contribution in [1.29, 1.82) is 0 Å². The Hall–Kier alpha value is -3.33. The smallest absolute Gasteiger partial charge is 0.295 e. The molecule has 0 bridgehead atoms. The molecule has 0 aromatic heterocycles. The Morgan fingerprint density at radius 3 is 2.13 bits per heavy atom. The van der Waals surface area contributed by atoms with Crippen LogP contribution in [-0.2, 0) is 4.79 Å². The zero-order valence-corrected chi connectivity index (χ0v) is 16.3. The van der Waals surface area contributed by atoms with Crippen molar-refractivity contribution in [1.82, 2.24) is 4.90 Å². The largest absolute Gasteiger partial charge is 0.367 e. The van der Waals surface area contributed by atoms with Gasteiger partial charge in [-0.15, -0.1) is 10.2 Å². The molecule has 1 fully saturated rings. The lowest BCUT2D eigenvalue weighted by Gasteiger charge is -2.35. The number of amides is 2. The number of azo groups is 1. The standard InChI is InChI=1S/C21H20F2N4O3/c1-14(28)16-4-7-19(18(23)12-16)27-10-8-26(9-11-27)13-20(29)24-25-21(30)15-2-5-17(22)6-3-15/h2-7,12H,8-11,13H2,1H3. The molecule has 7 nitrogen and oxygen atoms in total. The summed E-state index contributed by atoms with van der Waals surface area (Å²) in [5.41, 5.74) is 0.871. The minimum Gasteiger partial charge on any atom is -0.367 e. The summed E-state index contributed by atoms with van der Waals surface area (Å²) in [4.78, 5) is 38.9. The van der Waals surface area contributed by atoms with Crippen LogP contribution in [0.15, 0.2) is 52.7 Å². The normalized spacial score (nSPS) is 14.8. The zero-order chi connectivity index (χ0) is 21.7. The maximum atomic E-state index is 14.3. The number of rotatable bonds is 5. The second kappa shape index (κ2) is 9.45. The van der Waals surface area contributed by atoms with Crippen molar-refractivity contribution in [3.8, 4) is 0 Å². The number of benzene rings is 2. The summed E-state index contributed by atoms with van der Waals surface area (Å²) in [6.45, 7) is 3.36. The Morgan fingerprint density at radius 2 is 1.53 bits per heavy atom. The van der Waals surface area contributed by atoms with Gasteiger partial charge in [-0.2, -0.15) is 0 Å². The SMILES string of the molecule is CC(=O)c1ccc(N2CCN(CC(=O)N=NC(=O)c3ccc(F)cc3)CC2)c(F)c1. The molecule has 1 saturated heterocycles. The molecule has 2 aromatic carbocycles. The molecule has 3 rings (SSSR count). The van der Waals surface area contributed by atoms with E-state index in [4.69, 9.17) is 0 Å². The predicted molar refractivity (Wildman–Crippen MR) is 106 cm³/mol. The van der Waals surface area contributed by atoms with Crippen molar-refractivity contribution in [2.75, 3.05) is 37.6 Å². The van der Waals surface area contributed by atoms with Gasteiger partial charge >= 0.3 is 0 Å². The zero-order valence-electron chi connectivity index (χ0n) is 16.3. The number of hydrogen-bond acceptors (Lipinski definition) is 5. The topological polar surface area (TPSA) is 82.4 Å². The molecule has 0 radical (unpaired) electrons. The van der Waals surface area contributed by atoms with Gasteiger partial charge in [-0.1, -0.05) is 0 Å². The number of carbonyl (C=O) groups excluding carboxylic acids is 3. The number of halogens is 2. The van der Waals surface area contributed by atoms with Gasteiger partial charge in [0.2, 0.25) is 0 Å². The van der Waals surface area contributed by atoms with Crippen LogP contribution in [-0.4, -0.2) is 55.2 Å². The van der Waals surface area contributed by atoms with Crippen LogP contribution in [0.1, 0.15) is 27.6 Å². The molecule has 0 atom stereocenters. The van der Waals surface area contributed by atoms with Gasteiger partial charge in [-0.3, -0.25) is 19.3 Å². The first-order valence-electron chi connectivity index (χ1n) is 9.36. The fraction of sp³-hybridized carbons (Fsp3) is 0.286. The fourth-order valence-electron chi connectivity index (χ4n) is 3.10. The van der Waals surface area contributed by atoms with Crippen LogP contribution in [0.25, 0.3) is 0 Å². The number of piperazine rings is 1. The highest BCUT2D eigenvalue weighted by molar-refractivity contribution is 5.95. The first-order valence-corrected chi connectivity index (χ1v) is 9.36. The van der Waals surface area contributed by atoms with E-state index in [1.807, 2.05) is 9.80 Å². The molecule has 1 aliphatic rings. The van der Waals surface area contributed by atoms with Gasteiger partial charge in [-0.25, -0.2) is 8.78 Å². The molecule has 0 N–H and O–H groups in total. The van der Waals surface area contributed by atoms with E-state index in [2.05, 4.69) is 10.2 Å². The molecule has 0 unspecified atom stereocenters. The van der Waals surface area contributed by atoms with Gasteiger partial charge in [0, 0.05) is 37.3 Å². The van der Waals surface area contributed by atoms with Crippen molar-refractivity contribution in [3.63, 3.8) is 0 Å². The van der Waals surface area contributed by atoms with Crippen LogP contribution in [0, 0.1) is 11.6 Å². The van der Waals surface area contributed by atoms with Crippen molar-refractivity contribution in [3.05, 3.63) is 65.2 Å². The summed E-state index contributed by atoms with van der Waals surface area (Å²) in [5, 5.41) is 6.82. The maximum Gasteiger partial charge on any atom is 0.295 e. The first kappa shape index (κ1) is 21.4. The molecule has 156 valence electrons. The molecule has 2 amide bonds. The number of carbonyl (C=O) groups is 3. The van der Waals surface area contributed by atoms with Crippen molar-refractivity contribution in [2.24, 2.45) is 10.2 Å². The summed E-state index contributed by atoms with van der Waals surface area (Å²) in [7, 11) is 0. The summed E-state index contributed by atoms with van der Waals surface area (Å²) in [6, 6.07) is 9.19. The van der Waals surface area contributed by atoms with E-state index in [0.717, 1.165) is 12.1 Å². The molecule has 0 aliphatic carbocycles. The van der Waals surface area contributed by atoms with E-state index in [1.165, 1.54) is 25.1 Å². The highest BCUT2D eigenvalue weighted by Crippen LogP contribution is 2.22. The number of nitrogens with zero attached hydrogens (tertiary/aromatic N) is 4. The van der Waals surface area contributed by atoms with Crippen molar-refractivity contribution < 1.29 is 23.2 Å². The highest BCUT2D eigenvalue weighted by atomic mass is 19.1. The summed E-state index contributed by atoms with van der Waals surface area (Å²) in [5.74, 6) is -2.43. The fourth-order valence-corrected chi connectivity index (χ4v) is 3.10. The van der Waals surface area contributed by atoms with Gasteiger partial charge in [0.05, 0.1) is 12.2 Å². The van der Waals surface area contributed by atoms with Gasteiger partial charge in [0.15, 0.2) is 5.78 Å². The van der Waals surface area contributed by atoms with Crippen LogP contribution in [0.5, 0.6) is 0 Å². The second-order valence-corrected chi connectivity index (χ2v) is 6.89. The van der Waals surface area contributed by atoms with Gasteiger partial charge in [-0.05, 0) is 49.4 Å². The Labute approximate surface area is 172 Å². The number of ketones is 1. The minimum atomic E-state index is -0.724. The van der Waals surface area contributed by atoms with E-state index in [-0.39, 0.29) is 17.9 Å².